The molecule has 2 aromatic rings. The van der Waals surface area contributed by atoms with Crippen LogP contribution in [0.25, 0.3) is 0 Å². The van der Waals surface area contributed by atoms with Gasteiger partial charge in [0.2, 0.25) is 0 Å². The molecule has 0 saturated heterocycles. The van der Waals surface area contributed by atoms with Crippen molar-refractivity contribution < 1.29 is 8.78 Å². The number of halogens is 2. The van der Waals surface area contributed by atoms with E-state index in [-0.39, 0.29) is 18.2 Å². The summed E-state index contributed by atoms with van der Waals surface area (Å²) < 4.78 is 26.9. The van der Waals surface area contributed by atoms with Crippen LogP contribution in [0.15, 0.2) is 48.5 Å². The maximum atomic E-state index is 13.4. The summed E-state index contributed by atoms with van der Waals surface area (Å²) in [7, 11) is 0. The molecule has 0 aliphatic heterocycles. The Morgan fingerprint density at radius 2 is 1.58 bits per heavy atom. The molecule has 0 radical (unpaired) electrons. The summed E-state index contributed by atoms with van der Waals surface area (Å²) in [5, 5.41) is 3.15. The standard InChI is InChI=1S/C16H17F2N/c1-12(10-13-6-3-2-4-7-13)19-11-14-15(17)8-5-9-16(14)18/h2-9,12,19H,10-11H2,1H3. The van der Waals surface area contributed by atoms with Crippen LogP contribution in [0.3, 0.4) is 0 Å². The van der Waals surface area contributed by atoms with Crippen molar-refractivity contribution >= 4 is 0 Å². The van der Waals surface area contributed by atoms with Crippen molar-refractivity contribution in [1.29, 1.82) is 0 Å². The lowest BCUT2D eigenvalue weighted by atomic mass is 10.1. The van der Waals surface area contributed by atoms with Gasteiger partial charge in [0.15, 0.2) is 0 Å². The van der Waals surface area contributed by atoms with Gasteiger partial charge >= 0.3 is 0 Å². The van der Waals surface area contributed by atoms with Gasteiger partial charge in [-0.1, -0.05) is 36.4 Å². The Balaban J connectivity index is 1.92. The second-order valence-corrected chi connectivity index (χ2v) is 4.67. The van der Waals surface area contributed by atoms with Gasteiger partial charge in [-0.3, -0.25) is 0 Å². The smallest absolute Gasteiger partial charge is 0.130 e. The third-order valence-electron chi connectivity index (χ3n) is 3.07. The van der Waals surface area contributed by atoms with Gasteiger partial charge in [0.1, 0.15) is 11.6 Å². The van der Waals surface area contributed by atoms with E-state index in [9.17, 15) is 8.78 Å². The number of hydrogen-bond acceptors (Lipinski definition) is 1. The quantitative estimate of drug-likeness (QED) is 0.865. The summed E-state index contributed by atoms with van der Waals surface area (Å²) in [5.74, 6) is -1.00. The van der Waals surface area contributed by atoms with Gasteiger partial charge in [-0.2, -0.15) is 0 Å². The minimum absolute atomic E-state index is 0.0995. The lowest BCUT2D eigenvalue weighted by Gasteiger charge is -2.14. The fourth-order valence-corrected chi connectivity index (χ4v) is 2.02. The van der Waals surface area contributed by atoms with Crippen LogP contribution in [0.1, 0.15) is 18.1 Å². The molecule has 0 amide bonds. The molecule has 1 nitrogen and oxygen atoms in total. The highest BCUT2D eigenvalue weighted by atomic mass is 19.1. The molecule has 19 heavy (non-hydrogen) atoms. The first kappa shape index (κ1) is 13.7. The summed E-state index contributed by atoms with van der Waals surface area (Å²) in [6, 6.07) is 14.1. The maximum Gasteiger partial charge on any atom is 0.130 e. The van der Waals surface area contributed by atoms with Crippen molar-refractivity contribution in [2.75, 3.05) is 0 Å². The fourth-order valence-electron chi connectivity index (χ4n) is 2.02. The minimum Gasteiger partial charge on any atom is -0.310 e. The van der Waals surface area contributed by atoms with E-state index in [2.05, 4.69) is 5.32 Å². The van der Waals surface area contributed by atoms with Gasteiger partial charge in [-0.05, 0) is 31.0 Å². The van der Waals surface area contributed by atoms with E-state index >= 15 is 0 Å². The number of nitrogens with one attached hydrogen (secondary N) is 1. The summed E-state index contributed by atoms with van der Waals surface area (Å²) in [6.07, 6.45) is 0.830. The molecular formula is C16H17F2N. The monoisotopic (exact) mass is 261 g/mol. The molecule has 0 saturated carbocycles. The van der Waals surface area contributed by atoms with Gasteiger partial charge in [-0.15, -0.1) is 0 Å². The number of hydrogen-bond donors (Lipinski definition) is 1. The fraction of sp³-hybridized carbons (Fsp3) is 0.250. The summed E-state index contributed by atoms with van der Waals surface area (Å²) in [6.45, 7) is 2.21. The molecule has 0 aliphatic rings. The van der Waals surface area contributed by atoms with Crippen LogP contribution in [0.4, 0.5) is 8.78 Å². The van der Waals surface area contributed by atoms with Crippen molar-refractivity contribution in [2.45, 2.75) is 25.9 Å². The molecule has 0 fully saturated rings. The summed E-state index contributed by atoms with van der Waals surface area (Å²) in [5.41, 5.74) is 1.30. The van der Waals surface area contributed by atoms with Gasteiger partial charge in [0.25, 0.3) is 0 Å². The Morgan fingerprint density at radius 3 is 2.21 bits per heavy atom. The predicted octanol–water partition coefficient (Wildman–Crippen LogP) is 3.69. The minimum atomic E-state index is -0.501. The molecule has 0 aromatic heterocycles. The highest BCUT2D eigenvalue weighted by molar-refractivity contribution is 5.20. The Kier molecular flexibility index (Phi) is 4.63. The van der Waals surface area contributed by atoms with Crippen molar-refractivity contribution in [3.8, 4) is 0 Å². The van der Waals surface area contributed by atoms with Gasteiger partial charge in [-0.25, -0.2) is 8.78 Å². The van der Waals surface area contributed by atoms with Crippen molar-refractivity contribution in [1.82, 2.24) is 5.32 Å². The third-order valence-corrected chi connectivity index (χ3v) is 3.07. The normalized spacial score (nSPS) is 12.4. The molecule has 2 rings (SSSR count). The highest BCUT2D eigenvalue weighted by Gasteiger charge is 2.09. The molecule has 2 aromatic carbocycles. The topological polar surface area (TPSA) is 12.0 Å². The Labute approximate surface area is 112 Å². The van der Waals surface area contributed by atoms with E-state index in [4.69, 9.17) is 0 Å². The second kappa shape index (κ2) is 6.43. The lowest BCUT2D eigenvalue weighted by Crippen LogP contribution is -2.28. The van der Waals surface area contributed by atoms with Crippen molar-refractivity contribution in [3.05, 3.63) is 71.3 Å². The zero-order valence-corrected chi connectivity index (χ0v) is 10.9. The van der Waals surface area contributed by atoms with E-state index in [0.29, 0.717) is 0 Å². The van der Waals surface area contributed by atoms with Crippen LogP contribution in [0.5, 0.6) is 0 Å². The van der Waals surface area contributed by atoms with Gasteiger partial charge < -0.3 is 5.32 Å². The largest absolute Gasteiger partial charge is 0.310 e. The van der Waals surface area contributed by atoms with Crippen molar-refractivity contribution in [3.63, 3.8) is 0 Å². The molecule has 0 aliphatic carbocycles. The Hall–Kier alpha value is -1.74. The molecular weight excluding hydrogens is 244 g/mol. The molecule has 3 heteroatoms. The molecule has 0 spiro atoms. The number of benzene rings is 2. The molecule has 1 N–H and O–H groups in total. The van der Waals surface area contributed by atoms with Crippen LogP contribution in [-0.4, -0.2) is 6.04 Å². The van der Waals surface area contributed by atoms with Gasteiger partial charge in [0.05, 0.1) is 0 Å². The molecule has 0 bridgehead atoms. The highest BCUT2D eigenvalue weighted by Crippen LogP contribution is 2.12. The van der Waals surface area contributed by atoms with Crippen LogP contribution in [0, 0.1) is 11.6 Å². The van der Waals surface area contributed by atoms with Crippen LogP contribution >= 0.6 is 0 Å². The Bertz CT molecular complexity index is 505. The molecule has 100 valence electrons. The SMILES string of the molecule is CC(Cc1ccccc1)NCc1c(F)cccc1F. The third kappa shape index (κ3) is 3.86. The van der Waals surface area contributed by atoms with E-state index in [1.165, 1.54) is 23.8 Å². The van der Waals surface area contributed by atoms with E-state index in [0.717, 1.165) is 6.42 Å². The van der Waals surface area contributed by atoms with E-state index < -0.39 is 11.6 Å². The van der Waals surface area contributed by atoms with E-state index in [1.807, 2.05) is 37.3 Å². The molecule has 1 atom stereocenters. The van der Waals surface area contributed by atoms with Gasteiger partial charge in [0, 0.05) is 18.2 Å². The Morgan fingerprint density at radius 1 is 0.947 bits per heavy atom. The second-order valence-electron chi connectivity index (χ2n) is 4.67. The maximum absolute atomic E-state index is 13.4. The zero-order valence-electron chi connectivity index (χ0n) is 10.9. The average molecular weight is 261 g/mol. The lowest BCUT2D eigenvalue weighted by molar-refractivity contribution is 0.498. The molecule has 1 unspecified atom stereocenters. The van der Waals surface area contributed by atoms with E-state index in [1.54, 1.807) is 0 Å². The average Bonchev–Trinajstić information content (AvgIpc) is 2.39. The van der Waals surface area contributed by atoms with Crippen LogP contribution in [0.2, 0.25) is 0 Å². The van der Waals surface area contributed by atoms with Crippen LogP contribution < -0.4 is 5.32 Å². The summed E-state index contributed by atoms with van der Waals surface area (Å²) in [4.78, 5) is 0. The first-order valence-corrected chi connectivity index (χ1v) is 6.37. The number of rotatable bonds is 5. The predicted molar refractivity (Wildman–Crippen MR) is 72.8 cm³/mol. The molecule has 0 heterocycles. The van der Waals surface area contributed by atoms with Crippen LogP contribution in [-0.2, 0) is 13.0 Å². The summed E-state index contributed by atoms with van der Waals surface area (Å²) >= 11 is 0. The first-order chi connectivity index (χ1) is 9.16. The van der Waals surface area contributed by atoms with Crippen molar-refractivity contribution in [2.24, 2.45) is 0 Å². The first-order valence-electron chi connectivity index (χ1n) is 6.37. The zero-order chi connectivity index (χ0) is 13.7.